The Labute approximate surface area is 148 Å². The van der Waals surface area contributed by atoms with Crippen molar-refractivity contribution in [3.05, 3.63) is 29.6 Å². The average molecular weight is 361 g/mol. The van der Waals surface area contributed by atoms with E-state index in [9.17, 15) is 9.18 Å². The van der Waals surface area contributed by atoms with Crippen LogP contribution in [0.5, 0.6) is 5.75 Å². The fourth-order valence-electron chi connectivity index (χ4n) is 2.25. The first kappa shape index (κ1) is 20.7. The molecular weight excluding hydrogens is 335 g/mol. The van der Waals surface area contributed by atoms with E-state index in [1.807, 2.05) is 6.92 Å². The van der Waals surface area contributed by atoms with Gasteiger partial charge in [0.15, 0.2) is 11.6 Å². The van der Waals surface area contributed by atoms with Gasteiger partial charge in [-0.25, -0.2) is 4.39 Å². The number of amides is 1. The van der Waals surface area contributed by atoms with E-state index in [1.54, 1.807) is 12.1 Å². The largest absolute Gasteiger partial charge is 0.490 e. The van der Waals surface area contributed by atoms with Gasteiger partial charge in [-0.3, -0.25) is 4.79 Å². The van der Waals surface area contributed by atoms with E-state index < -0.39 is 5.82 Å². The van der Waals surface area contributed by atoms with Crippen molar-refractivity contribution >= 4 is 18.3 Å². The molecule has 0 radical (unpaired) electrons. The third-order valence-corrected chi connectivity index (χ3v) is 4.01. The van der Waals surface area contributed by atoms with Crippen LogP contribution in [-0.2, 0) is 9.53 Å². The van der Waals surface area contributed by atoms with E-state index in [-0.39, 0.29) is 49.2 Å². The van der Waals surface area contributed by atoms with E-state index in [4.69, 9.17) is 15.2 Å². The Morgan fingerprint density at radius 3 is 2.71 bits per heavy atom. The maximum Gasteiger partial charge on any atom is 0.223 e. The molecule has 1 aromatic rings. The lowest BCUT2D eigenvalue weighted by molar-refractivity contribution is -0.124. The van der Waals surface area contributed by atoms with Crippen LogP contribution < -0.4 is 15.8 Å². The molecule has 0 saturated heterocycles. The van der Waals surface area contributed by atoms with E-state index in [0.29, 0.717) is 18.1 Å². The lowest BCUT2D eigenvalue weighted by Crippen LogP contribution is -2.33. The highest BCUT2D eigenvalue weighted by molar-refractivity contribution is 5.85. The summed E-state index contributed by atoms with van der Waals surface area (Å²) in [6, 6.07) is 4.49. The van der Waals surface area contributed by atoms with Gasteiger partial charge >= 0.3 is 0 Å². The highest BCUT2D eigenvalue weighted by Crippen LogP contribution is 2.30. The standard InChI is InChI=1S/C17H25FN2O3.ClH/c1-11(20-17(21)8-14(9-19)22-2)13-5-6-16(15(18)7-13)23-10-12-3-4-12;/h5-7,11-12,14H,3-4,8-10,19H2,1-2H3,(H,20,21);1H. The van der Waals surface area contributed by atoms with Gasteiger partial charge in [-0.2, -0.15) is 0 Å². The van der Waals surface area contributed by atoms with Gasteiger partial charge in [-0.05, 0) is 43.4 Å². The molecule has 0 spiro atoms. The first-order valence-electron chi connectivity index (χ1n) is 7.98. The lowest BCUT2D eigenvalue weighted by Gasteiger charge is -2.18. The summed E-state index contributed by atoms with van der Waals surface area (Å²) in [5.41, 5.74) is 6.19. The average Bonchev–Trinajstić information content (AvgIpc) is 3.35. The van der Waals surface area contributed by atoms with Crippen molar-refractivity contribution < 1.29 is 18.7 Å². The van der Waals surface area contributed by atoms with E-state index >= 15 is 0 Å². The molecule has 3 N–H and O–H groups in total. The zero-order valence-electron chi connectivity index (χ0n) is 14.1. The molecule has 1 amide bonds. The molecule has 1 aromatic carbocycles. The number of ether oxygens (including phenoxy) is 2. The van der Waals surface area contributed by atoms with Crippen molar-refractivity contribution in [1.29, 1.82) is 0 Å². The molecule has 1 aliphatic rings. The minimum Gasteiger partial charge on any atom is -0.490 e. The summed E-state index contributed by atoms with van der Waals surface area (Å²) < 4.78 is 24.6. The molecule has 24 heavy (non-hydrogen) atoms. The Kier molecular flexibility index (Phi) is 8.45. The van der Waals surface area contributed by atoms with Crippen LogP contribution in [0.25, 0.3) is 0 Å². The minimum absolute atomic E-state index is 0. The number of hydrogen-bond donors (Lipinski definition) is 2. The van der Waals surface area contributed by atoms with Gasteiger partial charge in [-0.15, -0.1) is 12.4 Å². The molecule has 1 aliphatic carbocycles. The Balaban J connectivity index is 0.00000288. The number of nitrogens with one attached hydrogen (secondary N) is 1. The number of methoxy groups -OCH3 is 1. The molecule has 2 unspecified atom stereocenters. The highest BCUT2D eigenvalue weighted by atomic mass is 35.5. The van der Waals surface area contributed by atoms with Crippen LogP contribution in [0.1, 0.15) is 37.8 Å². The Hall–Kier alpha value is -1.37. The van der Waals surface area contributed by atoms with Crippen molar-refractivity contribution in [2.45, 2.75) is 38.3 Å². The first-order chi connectivity index (χ1) is 11.0. The Morgan fingerprint density at radius 2 is 2.17 bits per heavy atom. The number of rotatable bonds is 9. The zero-order chi connectivity index (χ0) is 16.8. The molecule has 0 heterocycles. The lowest BCUT2D eigenvalue weighted by atomic mass is 10.1. The van der Waals surface area contributed by atoms with Gasteiger partial charge in [0.2, 0.25) is 5.91 Å². The molecule has 0 aromatic heterocycles. The zero-order valence-corrected chi connectivity index (χ0v) is 14.9. The third-order valence-electron chi connectivity index (χ3n) is 4.01. The molecular formula is C17H26ClFN2O3. The summed E-state index contributed by atoms with van der Waals surface area (Å²) >= 11 is 0. The molecule has 136 valence electrons. The normalized spacial score (nSPS) is 16.0. The van der Waals surface area contributed by atoms with Crippen LogP contribution in [0.3, 0.4) is 0 Å². The monoisotopic (exact) mass is 360 g/mol. The number of benzene rings is 1. The summed E-state index contributed by atoms with van der Waals surface area (Å²) in [5, 5.41) is 2.82. The number of nitrogens with two attached hydrogens (primary N) is 1. The molecule has 0 bridgehead atoms. The van der Waals surface area contributed by atoms with Gasteiger partial charge in [0.25, 0.3) is 0 Å². The fourth-order valence-corrected chi connectivity index (χ4v) is 2.25. The molecule has 2 atom stereocenters. The minimum atomic E-state index is -0.402. The fraction of sp³-hybridized carbons (Fsp3) is 0.588. The van der Waals surface area contributed by atoms with Crippen molar-refractivity contribution in [3.8, 4) is 5.75 Å². The summed E-state index contributed by atoms with van der Waals surface area (Å²) in [6.07, 6.45) is 2.20. The van der Waals surface area contributed by atoms with Crippen LogP contribution in [0.2, 0.25) is 0 Å². The maximum absolute atomic E-state index is 14.1. The van der Waals surface area contributed by atoms with Crippen LogP contribution in [0, 0.1) is 11.7 Å². The Bertz CT molecular complexity index is 537. The SMILES string of the molecule is COC(CN)CC(=O)NC(C)c1ccc(OCC2CC2)c(F)c1.Cl. The van der Waals surface area contributed by atoms with Crippen LogP contribution in [0.15, 0.2) is 18.2 Å². The predicted molar refractivity (Wildman–Crippen MR) is 92.9 cm³/mol. The van der Waals surface area contributed by atoms with Crippen LogP contribution in [0.4, 0.5) is 4.39 Å². The Morgan fingerprint density at radius 1 is 1.46 bits per heavy atom. The molecule has 1 saturated carbocycles. The van der Waals surface area contributed by atoms with Gasteiger partial charge in [0, 0.05) is 13.7 Å². The van der Waals surface area contributed by atoms with Gasteiger partial charge in [0.1, 0.15) is 0 Å². The second-order valence-electron chi connectivity index (χ2n) is 6.03. The highest BCUT2D eigenvalue weighted by Gasteiger charge is 2.22. The molecule has 7 heteroatoms. The maximum atomic E-state index is 14.1. The summed E-state index contributed by atoms with van der Waals surface area (Å²) in [7, 11) is 1.52. The number of carbonyl (C=O) groups excluding carboxylic acids is 1. The summed E-state index contributed by atoms with van der Waals surface area (Å²) in [6.45, 7) is 2.65. The topological polar surface area (TPSA) is 73.6 Å². The van der Waals surface area contributed by atoms with Gasteiger partial charge in [-0.1, -0.05) is 6.07 Å². The van der Waals surface area contributed by atoms with Crippen molar-refractivity contribution in [1.82, 2.24) is 5.32 Å². The number of halogens is 2. The molecule has 1 fully saturated rings. The van der Waals surface area contributed by atoms with Crippen molar-refractivity contribution in [3.63, 3.8) is 0 Å². The van der Waals surface area contributed by atoms with Crippen molar-refractivity contribution in [2.75, 3.05) is 20.3 Å². The summed E-state index contributed by atoms with van der Waals surface area (Å²) in [5.74, 6) is 0.260. The predicted octanol–water partition coefficient (Wildman–Crippen LogP) is 2.58. The van der Waals surface area contributed by atoms with Gasteiger partial charge in [0.05, 0.1) is 25.2 Å². The van der Waals surface area contributed by atoms with E-state index in [2.05, 4.69) is 5.32 Å². The number of carbonyl (C=O) groups is 1. The van der Waals surface area contributed by atoms with E-state index in [0.717, 1.165) is 12.8 Å². The van der Waals surface area contributed by atoms with Crippen LogP contribution in [-0.4, -0.2) is 32.3 Å². The molecule has 0 aliphatic heterocycles. The number of hydrogen-bond acceptors (Lipinski definition) is 4. The smallest absolute Gasteiger partial charge is 0.223 e. The summed E-state index contributed by atoms with van der Waals surface area (Å²) in [4.78, 5) is 11.9. The molecule has 2 rings (SSSR count). The van der Waals surface area contributed by atoms with E-state index in [1.165, 1.54) is 13.2 Å². The third kappa shape index (κ3) is 6.26. The first-order valence-corrected chi connectivity index (χ1v) is 7.98. The second kappa shape index (κ2) is 9.81. The van der Waals surface area contributed by atoms with Crippen molar-refractivity contribution in [2.24, 2.45) is 11.7 Å². The molecule has 5 nitrogen and oxygen atoms in total. The quantitative estimate of drug-likeness (QED) is 0.710. The second-order valence-corrected chi connectivity index (χ2v) is 6.03. The van der Waals surface area contributed by atoms with Gasteiger partial charge < -0.3 is 20.5 Å². The van der Waals surface area contributed by atoms with Crippen LogP contribution >= 0.6 is 12.4 Å².